The fraction of sp³-hybridized carbons (Fsp3) is 1.00. The van der Waals surface area contributed by atoms with E-state index in [0.717, 1.165) is 32.7 Å². The molecule has 0 spiro atoms. The summed E-state index contributed by atoms with van der Waals surface area (Å²) in [5.74, 6) is 0.565. The van der Waals surface area contributed by atoms with Crippen LogP contribution in [0.3, 0.4) is 0 Å². The van der Waals surface area contributed by atoms with E-state index in [1.165, 1.54) is 0 Å². The van der Waals surface area contributed by atoms with Gasteiger partial charge in [0.2, 0.25) is 0 Å². The molecule has 1 aliphatic rings. The zero-order valence-corrected chi connectivity index (χ0v) is 7.66. The minimum Gasteiger partial charge on any atom is -0.396 e. The van der Waals surface area contributed by atoms with Crippen LogP contribution in [0.4, 0.5) is 0 Å². The van der Waals surface area contributed by atoms with Gasteiger partial charge in [0.05, 0.1) is 13.2 Å². The fourth-order valence-corrected chi connectivity index (χ4v) is 1.03. The monoisotopic (exact) mass is 174 g/mol. The van der Waals surface area contributed by atoms with Crippen molar-refractivity contribution < 1.29 is 14.6 Å². The van der Waals surface area contributed by atoms with E-state index >= 15 is 0 Å². The smallest absolute Gasteiger partial charge is 0.104 e. The van der Waals surface area contributed by atoms with Crippen LogP contribution in [0.1, 0.15) is 19.8 Å². The molecule has 3 heteroatoms. The van der Waals surface area contributed by atoms with E-state index < -0.39 is 0 Å². The largest absolute Gasteiger partial charge is 0.396 e. The van der Waals surface area contributed by atoms with Crippen LogP contribution in [0.15, 0.2) is 0 Å². The zero-order chi connectivity index (χ0) is 8.81. The molecule has 0 aromatic carbocycles. The predicted octanol–water partition coefficient (Wildman–Crippen LogP) is 0.810. The van der Waals surface area contributed by atoms with Crippen LogP contribution in [-0.4, -0.2) is 37.6 Å². The lowest BCUT2D eigenvalue weighted by molar-refractivity contribution is 0.102. The minimum absolute atomic E-state index is 0.285. The first-order valence-corrected chi connectivity index (χ1v) is 4.63. The third-order valence-electron chi connectivity index (χ3n) is 2.08. The van der Waals surface area contributed by atoms with Crippen molar-refractivity contribution in [2.75, 3.05) is 26.4 Å². The minimum atomic E-state index is 0.285. The Hall–Kier alpha value is -0.120. The second kappa shape index (κ2) is 5.51. The van der Waals surface area contributed by atoms with Crippen molar-refractivity contribution in [3.8, 4) is 0 Å². The maximum Gasteiger partial charge on any atom is 0.104 e. The van der Waals surface area contributed by atoms with E-state index in [2.05, 4.69) is 6.92 Å². The van der Waals surface area contributed by atoms with Crippen LogP contribution < -0.4 is 0 Å². The van der Waals surface area contributed by atoms with Crippen molar-refractivity contribution in [2.24, 2.45) is 5.92 Å². The highest BCUT2D eigenvalue weighted by Gasteiger charge is 2.22. The summed E-state index contributed by atoms with van der Waals surface area (Å²) in [6, 6.07) is 0. The van der Waals surface area contributed by atoms with Crippen LogP contribution in [0.2, 0.25) is 0 Å². The number of epoxide rings is 1. The first-order valence-electron chi connectivity index (χ1n) is 4.63. The van der Waals surface area contributed by atoms with Crippen LogP contribution in [0, 0.1) is 5.92 Å². The lowest BCUT2D eigenvalue weighted by Crippen LogP contribution is -2.07. The molecule has 0 amide bonds. The number of aliphatic hydroxyl groups is 1. The second-order valence-corrected chi connectivity index (χ2v) is 3.44. The van der Waals surface area contributed by atoms with Crippen LogP contribution in [-0.2, 0) is 9.47 Å². The van der Waals surface area contributed by atoms with E-state index in [1.54, 1.807) is 0 Å². The fourth-order valence-electron chi connectivity index (χ4n) is 1.03. The van der Waals surface area contributed by atoms with E-state index in [4.69, 9.17) is 14.6 Å². The Morgan fingerprint density at radius 2 is 2.33 bits per heavy atom. The van der Waals surface area contributed by atoms with Gasteiger partial charge in [-0.2, -0.15) is 0 Å². The lowest BCUT2D eigenvalue weighted by atomic mass is 10.1. The average molecular weight is 174 g/mol. The molecular weight excluding hydrogens is 156 g/mol. The van der Waals surface area contributed by atoms with Crippen LogP contribution in [0.5, 0.6) is 0 Å². The molecule has 2 atom stereocenters. The first-order chi connectivity index (χ1) is 5.83. The highest BCUT2D eigenvalue weighted by Crippen LogP contribution is 2.10. The topological polar surface area (TPSA) is 42.0 Å². The van der Waals surface area contributed by atoms with Crippen LogP contribution >= 0.6 is 0 Å². The number of rotatable bonds is 7. The summed E-state index contributed by atoms with van der Waals surface area (Å²) in [6.45, 7) is 4.82. The van der Waals surface area contributed by atoms with Gasteiger partial charge in [-0.05, 0) is 18.8 Å². The van der Waals surface area contributed by atoms with Gasteiger partial charge in [-0.25, -0.2) is 0 Å². The molecule has 1 saturated heterocycles. The normalized spacial score (nSPS) is 24.0. The molecule has 1 aliphatic heterocycles. The maximum atomic E-state index is 8.63. The molecule has 0 aromatic rings. The lowest BCUT2D eigenvalue weighted by Gasteiger charge is -2.08. The van der Waals surface area contributed by atoms with Gasteiger partial charge in [0.15, 0.2) is 0 Å². The summed E-state index contributed by atoms with van der Waals surface area (Å²) < 4.78 is 10.4. The molecule has 0 saturated carbocycles. The second-order valence-electron chi connectivity index (χ2n) is 3.44. The van der Waals surface area contributed by atoms with Crippen molar-refractivity contribution in [2.45, 2.75) is 25.9 Å². The first kappa shape index (κ1) is 9.96. The van der Waals surface area contributed by atoms with Gasteiger partial charge < -0.3 is 14.6 Å². The number of aliphatic hydroxyl groups excluding tert-OH is 1. The molecule has 1 rings (SSSR count). The average Bonchev–Trinajstić information content (AvgIpc) is 2.82. The van der Waals surface area contributed by atoms with Gasteiger partial charge in [-0.3, -0.25) is 0 Å². The highest BCUT2D eigenvalue weighted by molar-refractivity contribution is 4.67. The Morgan fingerprint density at radius 1 is 1.58 bits per heavy atom. The molecule has 1 N–H and O–H groups in total. The van der Waals surface area contributed by atoms with Gasteiger partial charge in [-0.15, -0.1) is 0 Å². The third-order valence-corrected chi connectivity index (χ3v) is 2.08. The van der Waals surface area contributed by atoms with E-state index in [9.17, 15) is 0 Å². The molecule has 0 aromatic heterocycles. The molecule has 0 aliphatic carbocycles. The summed E-state index contributed by atoms with van der Waals surface area (Å²) in [7, 11) is 0. The van der Waals surface area contributed by atoms with Crippen molar-refractivity contribution in [1.82, 2.24) is 0 Å². The molecule has 3 nitrogen and oxygen atoms in total. The maximum absolute atomic E-state index is 8.63. The van der Waals surface area contributed by atoms with Gasteiger partial charge in [0.25, 0.3) is 0 Å². The van der Waals surface area contributed by atoms with Crippen molar-refractivity contribution in [3.63, 3.8) is 0 Å². The Labute approximate surface area is 73.7 Å². The molecule has 12 heavy (non-hydrogen) atoms. The van der Waals surface area contributed by atoms with Gasteiger partial charge in [0.1, 0.15) is 6.10 Å². The summed E-state index contributed by atoms with van der Waals surface area (Å²) in [6.07, 6.45) is 2.29. The standard InChI is InChI=1S/C9H18O3/c1-8(2-4-10)3-5-11-6-9-7-12-9/h8-10H,2-7H2,1H3. The van der Waals surface area contributed by atoms with E-state index in [1.807, 2.05) is 0 Å². The Bertz CT molecular complexity index is 112. The summed E-state index contributed by atoms with van der Waals surface area (Å²) in [5, 5.41) is 8.63. The van der Waals surface area contributed by atoms with Crippen molar-refractivity contribution in [1.29, 1.82) is 0 Å². The van der Waals surface area contributed by atoms with Gasteiger partial charge in [0, 0.05) is 13.2 Å². The zero-order valence-electron chi connectivity index (χ0n) is 7.66. The molecule has 2 unspecified atom stereocenters. The third kappa shape index (κ3) is 4.70. The number of hydrogen-bond donors (Lipinski definition) is 1. The summed E-state index contributed by atoms with van der Waals surface area (Å²) in [5.41, 5.74) is 0. The quantitative estimate of drug-likeness (QED) is 0.459. The molecule has 1 heterocycles. The number of ether oxygens (including phenoxy) is 2. The SMILES string of the molecule is CC(CCO)CCOCC1CO1. The Kier molecular flexibility index (Phi) is 4.58. The summed E-state index contributed by atoms with van der Waals surface area (Å²) >= 11 is 0. The van der Waals surface area contributed by atoms with Crippen molar-refractivity contribution >= 4 is 0 Å². The molecule has 72 valence electrons. The summed E-state index contributed by atoms with van der Waals surface area (Å²) in [4.78, 5) is 0. The Morgan fingerprint density at radius 3 is 2.92 bits per heavy atom. The molecular formula is C9H18O3. The molecule has 1 fully saturated rings. The molecule has 0 radical (unpaired) electrons. The molecule has 0 bridgehead atoms. The highest BCUT2D eigenvalue weighted by atomic mass is 16.6. The predicted molar refractivity (Wildman–Crippen MR) is 46.0 cm³/mol. The number of hydrogen-bond acceptors (Lipinski definition) is 3. The van der Waals surface area contributed by atoms with Gasteiger partial charge in [-0.1, -0.05) is 6.92 Å². The Balaban J connectivity index is 1.80. The van der Waals surface area contributed by atoms with E-state index in [-0.39, 0.29) is 6.61 Å². The van der Waals surface area contributed by atoms with Crippen molar-refractivity contribution in [3.05, 3.63) is 0 Å². The van der Waals surface area contributed by atoms with Gasteiger partial charge >= 0.3 is 0 Å². The van der Waals surface area contributed by atoms with E-state index in [0.29, 0.717) is 12.0 Å². The van der Waals surface area contributed by atoms with Crippen LogP contribution in [0.25, 0.3) is 0 Å².